The predicted molar refractivity (Wildman–Crippen MR) is 139 cm³/mol. The van der Waals surface area contributed by atoms with Crippen LogP contribution in [0, 0.1) is 5.92 Å². The average molecular weight is 476 g/mol. The first-order valence-corrected chi connectivity index (χ1v) is 13.1. The summed E-state index contributed by atoms with van der Waals surface area (Å²) in [6.45, 7) is 7.09. The zero-order valence-electron chi connectivity index (χ0n) is 20.5. The van der Waals surface area contributed by atoms with Gasteiger partial charge in [-0.25, -0.2) is 0 Å². The van der Waals surface area contributed by atoms with Crippen LogP contribution in [0.3, 0.4) is 0 Å². The van der Waals surface area contributed by atoms with Crippen LogP contribution in [-0.2, 0) is 16.1 Å². The number of piperidine rings is 1. The summed E-state index contributed by atoms with van der Waals surface area (Å²) in [5, 5.41) is 6.14. The zero-order valence-corrected chi connectivity index (χ0v) is 20.5. The summed E-state index contributed by atoms with van der Waals surface area (Å²) in [6.07, 6.45) is 3.91. The summed E-state index contributed by atoms with van der Waals surface area (Å²) in [5.41, 5.74) is 3.40. The molecule has 35 heavy (non-hydrogen) atoms. The van der Waals surface area contributed by atoms with Crippen LogP contribution in [0.1, 0.15) is 31.2 Å². The highest BCUT2D eigenvalue weighted by molar-refractivity contribution is 5.92. The van der Waals surface area contributed by atoms with Gasteiger partial charge in [-0.1, -0.05) is 30.3 Å². The van der Waals surface area contributed by atoms with Crippen molar-refractivity contribution in [1.82, 2.24) is 15.1 Å². The Labute approximate surface area is 208 Å². The molecule has 3 aliphatic rings. The lowest BCUT2D eigenvalue weighted by Crippen LogP contribution is -2.45. The van der Waals surface area contributed by atoms with Crippen LogP contribution in [0.4, 0.5) is 11.4 Å². The van der Waals surface area contributed by atoms with Crippen LogP contribution in [0.15, 0.2) is 54.6 Å². The molecule has 1 aliphatic carbocycles. The number of hydrogen-bond donors (Lipinski definition) is 2. The van der Waals surface area contributed by atoms with Gasteiger partial charge in [-0.05, 0) is 68.6 Å². The van der Waals surface area contributed by atoms with Gasteiger partial charge in [-0.2, -0.15) is 0 Å². The van der Waals surface area contributed by atoms with E-state index in [1.807, 2.05) is 12.1 Å². The molecule has 5 rings (SSSR count). The highest BCUT2D eigenvalue weighted by atomic mass is 16.2. The summed E-state index contributed by atoms with van der Waals surface area (Å²) in [5.74, 6) is 0.310. The fraction of sp³-hybridized carbons (Fsp3) is 0.500. The van der Waals surface area contributed by atoms with Gasteiger partial charge >= 0.3 is 0 Å². The van der Waals surface area contributed by atoms with Gasteiger partial charge in [-0.3, -0.25) is 19.4 Å². The third-order valence-electron chi connectivity index (χ3n) is 7.39. The van der Waals surface area contributed by atoms with E-state index in [1.165, 1.54) is 11.3 Å². The lowest BCUT2D eigenvalue weighted by molar-refractivity contribution is -0.126. The number of carbonyl (C=O) groups excluding carboxylic acids is 2. The van der Waals surface area contributed by atoms with Gasteiger partial charge in [0.1, 0.15) is 0 Å². The number of amides is 2. The molecule has 0 aromatic heterocycles. The maximum atomic E-state index is 12.6. The maximum absolute atomic E-state index is 12.6. The van der Waals surface area contributed by atoms with Gasteiger partial charge in [0.15, 0.2) is 0 Å². The van der Waals surface area contributed by atoms with Crippen LogP contribution < -0.4 is 15.5 Å². The number of nitrogens with zero attached hydrogens (tertiary/aromatic N) is 3. The molecule has 2 aromatic rings. The molecule has 0 unspecified atom stereocenters. The molecule has 0 atom stereocenters. The van der Waals surface area contributed by atoms with E-state index in [9.17, 15) is 9.59 Å². The van der Waals surface area contributed by atoms with Crippen molar-refractivity contribution in [2.75, 3.05) is 56.0 Å². The van der Waals surface area contributed by atoms with Crippen molar-refractivity contribution >= 4 is 23.2 Å². The number of likely N-dealkylation sites (tertiary alicyclic amines) is 1. The highest BCUT2D eigenvalue weighted by Crippen LogP contribution is 2.23. The minimum Gasteiger partial charge on any atom is -0.369 e. The van der Waals surface area contributed by atoms with Crippen molar-refractivity contribution in [3.63, 3.8) is 0 Å². The van der Waals surface area contributed by atoms with Crippen LogP contribution in [0.25, 0.3) is 0 Å². The molecular weight excluding hydrogens is 438 g/mol. The first-order valence-electron chi connectivity index (χ1n) is 13.1. The molecule has 2 amide bonds. The van der Waals surface area contributed by atoms with Gasteiger partial charge < -0.3 is 15.5 Å². The fourth-order valence-electron chi connectivity index (χ4n) is 5.06. The Kier molecular flexibility index (Phi) is 7.64. The third-order valence-corrected chi connectivity index (χ3v) is 7.39. The number of piperazine rings is 1. The van der Waals surface area contributed by atoms with Gasteiger partial charge in [-0.15, -0.1) is 0 Å². The molecule has 2 N–H and O–H groups in total. The molecule has 0 radical (unpaired) electrons. The second-order valence-electron chi connectivity index (χ2n) is 10.2. The number of carbonyl (C=O) groups is 2. The molecule has 2 aromatic carbocycles. The number of rotatable bonds is 8. The molecule has 7 nitrogen and oxygen atoms in total. The molecule has 1 saturated carbocycles. The summed E-state index contributed by atoms with van der Waals surface area (Å²) in [4.78, 5) is 31.9. The Morgan fingerprint density at radius 1 is 0.771 bits per heavy atom. The number of anilines is 2. The van der Waals surface area contributed by atoms with E-state index in [0.29, 0.717) is 12.6 Å². The second-order valence-corrected chi connectivity index (χ2v) is 10.2. The molecule has 0 bridgehead atoms. The first kappa shape index (κ1) is 23.8. The molecule has 2 heterocycles. The Balaban J connectivity index is 1.02. The highest BCUT2D eigenvalue weighted by Gasteiger charge is 2.30. The van der Waals surface area contributed by atoms with Gasteiger partial charge in [0.2, 0.25) is 11.8 Å². The van der Waals surface area contributed by atoms with Crippen molar-refractivity contribution in [3.05, 3.63) is 60.2 Å². The van der Waals surface area contributed by atoms with E-state index in [1.54, 1.807) is 0 Å². The molecule has 2 saturated heterocycles. The smallest absolute Gasteiger partial charge is 0.238 e. The topological polar surface area (TPSA) is 67.9 Å². The summed E-state index contributed by atoms with van der Waals surface area (Å²) in [7, 11) is 0. The van der Waals surface area contributed by atoms with Crippen molar-refractivity contribution in [2.45, 2.75) is 38.3 Å². The Bertz CT molecular complexity index is 976. The molecule has 2 aliphatic heterocycles. The molecule has 3 fully saturated rings. The Morgan fingerprint density at radius 2 is 1.46 bits per heavy atom. The minimum atomic E-state index is 0.00755. The summed E-state index contributed by atoms with van der Waals surface area (Å²) >= 11 is 0. The minimum absolute atomic E-state index is 0.00755. The van der Waals surface area contributed by atoms with Gasteiger partial charge in [0.05, 0.1) is 6.54 Å². The van der Waals surface area contributed by atoms with E-state index in [-0.39, 0.29) is 17.7 Å². The van der Waals surface area contributed by atoms with Crippen molar-refractivity contribution < 1.29 is 9.59 Å². The van der Waals surface area contributed by atoms with Crippen molar-refractivity contribution in [3.8, 4) is 0 Å². The SMILES string of the molecule is O=C(CN1CCC(C(=O)NC2CC2)CC1)Nc1ccc(N2CCN(Cc3ccccc3)CC2)cc1. The Morgan fingerprint density at radius 3 is 2.11 bits per heavy atom. The van der Waals surface area contributed by atoms with Crippen LogP contribution >= 0.6 is 0 Å². The third kappa shape index (κ3) is 6.83. The van der Waals surface area contributed by atoms with E-state index in [2.05, 4.69) is 67.8 Å². The van der Waals surface area contributed by atoms with E-state index < -0.39 is 0 Å². The van der Waals surface area contributed by atoms with Crippen LogP contribution in [-0.4, -0.2) is 73.5 Å². The summed E-state index contributed by atoms with van der Waals surface area (Å²) in [6, 6.07) is 19.3. The first-order chi connectivity index (χ1) is 17.1. The molecule has 0 spiro atoms. The average Bonchev–Trinajstić information content (AvgIpc) is 3.70. The van der Waals surface area contributed by atoms with Crippen molar-refractivity contribution in [2.24, 2.45) is 5.92 Å². The predicted octanol–water partition coefficient (Wildman–Crippen LogP) is 2.94. The normalized spacial score (nSPS) is 19.9. The number of benzene rings is 2. The fourth-order valence-corrected chi connectivity index (χ4v) is 5.06. The zero-order chi connectivity index (χ0) is 24.0. The van der Waals surface area contributed by atoms with Gasteiger partial charge in [0.25, 0.3) is 0 Å². The standard InChI is InChI=1S/C28H37N5O2/c34-27(21-31-14-12-23(13-15-31)28(35)30-25-6-7-25)29-24-8-10-26(11-9-24)33-18-16-32(17-19-33)20-22-4-2-1-3-5-22/h1-5,8-11,23,25H,6-7,12-21H2,(H,29,34)(H,30,35). The number of hydrogen-bond acceptors (Lipinski definition) is 5. The van der Waals surface area contributed by atoms with E-state index >= 15 is 0 Å². The largest absolute Gasteiger partial charge is 0.369 e. The monoisotopic (exact) mass is 475 g/mol. The van der Waals surface area contributed by atoms with E-state index in [4.69, 9.17) is 0 Å². The van der Waals surface area contributed by atoms with E-state index in [0.717, 1.165) is 77.2 Å². The molecule has 7 heteroatoms. The maximum Gasteiger partial charge on any atom is 0.238 e. The van der Waals surface area contributed by atoms with Crippen LogP contribution in [0.5, 0.6) is 0 Å². The lowest BCUT2D eigenvalue weighted by atomic mass is 9.96. The lowest BCUT2D eigenvalue weighted by Gasteiger charge is -2.36. The second kappa shape index (κ2) is 11.2. The quantitative estimate of drug-likeness (QED) is 0.615. The molecule has 186 valence electrons. The summed E-state index contributed by atoms with van der Waals surface area (Å²) < 4.78 is 0. The van der Waals surface area contributed by atoms with Gasteiger partial charge in [0, 0.05) is 56.1 Å². The Hall–Kier alpha value is -2.90. The number of nitrogens with one attached hydrogen (secondary N) is 2. The molecular formula is C28H37N5O2. The van der Waals surface area contributed by atoms with Crippen molar-refractivity contribution in [1.29, 1.82) is 0 Å². The van der Waals surface area contributed by atoms with Crippen LogP contribution in [0.2, 0.25) is 0 Å².